The highest BCUT2D eigenvalue weighted by Crippen LogP contribution is 2.26. The van der Waals surface area contributed by atoms with Gasteiger partial charge in [0.2, 0.25) is 0 Å². The number of hydrogen-bond acceptors (Lipinski definition) is 3. The summed E-state index contributed by atoms with van der Waals surface area (Å²) in [5, 5.41) is 9.48. The molecule has 0 aliphatic carbocycles. The summed E-state index contributed by atoms with van der Waals surface area (Å²) >= 11 is 9.32. The number of nitriles is 1. The first-order valence-electron chi connectivity index (χ1n) is 5.61. The summed E-state index contributed by atoms with van der Waals surface area (Å²) in [6, 6.07) is 11.5. The quantitative estimate of drug-likeness (QED) is 0.850. The van der Waals surface area contributed by atoms with Gasteiger partial charge < -0.3 is 4.90 Å². The summed E-state index contributed by atoms with van der Waals surface area (Å²) in [6.45, 7) is 0.669. The van der Waals surface area contributed by atoms with Crippen molar-refractivity contribution in [3.63, 3.8) is 0 Å². The molecule has 96 valence electrons. The summed E-state index contributed by atoms with van der Waals surface area (Å²) in [6.07, 6.45) is 1.61. The van der Waals surface area contributed by atoms with Gasteiger partial charge in [0.15, 0.2) is 0 Å². The van der Waals surface area contributed by atoms with Crippen LogP contribution in [-0.4, -0.2) is 12.0 Å². The Labute approximate surface area is 125 Å². The maximum Gasteiger partial charge on any atom is 0.143 e. The number of rotatable bonds is 3. The highest BCUT2D eigenvalue weighted by atomic mass is 79.9. The van der Waals surface area contributed by atoms with Crippen molar-refractivity contribution in [2.45, 2.75) is 6.54 Å². The second-order valence-electron chi connectivity index (χ2n) is 4.13. The van der Waals surface area contributed by atoms with Gasteiger partial charge in [-0.3, -0.25) is 0 Å². The Bertz CT molecular complexity index is 637. The summed E-state index contributed by atoms with van der Waals surface area (Å²) in [5.74, 6) is 0.812. The molecule has 0 spiro atoms. The van der Waals surface area contributed by atoms with Crippen LogP contribution in [0.2, 0.25) is 5.02 Å². The lowest BCUT2D eigenvalue weighted by atomic mass is 10.1. The average molecular weight is 337 g/mol. The van der Waals surface area contributed by atoms with Crippen molar-refractivity contribution in [1.29, 1.82) is 5.26 Å². The van der Waals surface area contributed by atoms with E-state index in [2.05, 4.69) is 27.0 Å². The average Bonchev–Trinajstić information content (AvgIpc) is 2.38. The van der Waals surface area contributed by atoms with Gasteiger partial charge in [-0.2, -0.15) is 5.26 Å². The molecule has 19 heavy (non-hydrogen) atoms. The van der Waals surface area contributed by atoms with Crippen molar-refractivity contribution in [2.24, 2.45) is 0 Å². The molecular formula is C14H11BrClN3. The molecule has 0 radical (unpaired) electrons. The topological polar surface area (TPSA) is 39.9 Å². The van der Waals surface area contributed by atoms with E-state index < -0.39 is 0 Å². The number of hydrogen-bond donors (Lipinski definition) is 0. The Kier molecular flexibility index (Phi) is 4.41. The van der Waals surface area contributed by atoms with Crippen molar-refractivity contribution < 1.29 is 0 Å². The number of pyridine rings is 1. The minimum absolute atomic E-state index is 0.593. The van der Waals surface area contributed by atoms with E-state index in [-0.39, 0.29) is 0 Å². The zero-order chi connectivity index (χ0) is 13.8. The molecule has 2 rings (SSSR count). The van der Waals surface area contributed by atoms with Crippen LogP contribution in [0.5, 0.6) is 0 Å². The molecule has 3 nitrogen and oxygen atoms in total. The van der Waals surface area contributed by atoms with Crippen LogP contribution in [0.25, 0.3) is 0 Å². The molecule has 2 aromatic rings. The van der Waals surface area contributed by atoms with Gasteiger partial charge in [-0.25, -0.2) is 4.98 Å². The molecule has 0 saturated heterocycles. The molecule has 1 heterocycles. The normalized spacial score (nSPS) is 10.0. The van der Waals surface area contributed by atoms with Crippen LogP contribution in [0.1, 0.15) is 11.1 Å². The Morgan fingerprint density at radius 3 is 2.89 bits per heavy atom. The molecule has 0 bridgehead atoms. The lowest BCUT2D eigenvalue weighted by Gasteiger charge is -2.19. The third kappa shape index (κ3) is 3.46. The highest BCUT2D eigenvalue weighted by molar-refractivity contribution is 9.10. The van der Waals surface area contributed by atoms with E-state index in [1.54, 1.807) is 12.3 Å². The fourth-order valence-electron chi connectivity index (χ4n) is 1.78. The van der Waals surface area contributed by atoms with E-state index in [4.69, 9.17) is 16.9 Å². The third-order valence-corrected chi connectivity index (χ3v) is 3.42. The summed E-state index contributed by atoms with van der Waals surface area (Å²) in [5.41, 5.74) is 1.72. The predicted octanol–water partition coefficient (Wildman–Crippen LogP) is 4.01. The fourth-order valence-corrected chi connectivity index (χ4v) is 2.72. The van der Waals surface area contributed by atoms with Crippen molar-refractivity contribution in [1.82, 2.24) is 4.98 Å². The first kappa shape index (κ1) is 13.9. The summed E-state index contributed by atoms with van der Waals surface area (Å²) in [7, 11) is 1.94. The van der Waals surface area contributed by atoms with E-state index in [9.17, 15) is 0 Å². The number of nitrogens with zero attached hydrogens (tertiary/aromatic N) is 3. The summed E-state index contributed by atoms with van der Waals surface area (Å²) in [4.78, 5) is 6.30. The molecule has 0 unspecified atom stereocenters. The summed E-state index contributed by atoms with van der Waals surface area (Å²) < 4.78 is 0.846. The Morgan fingerprint density at radius 1 is 1.42 bits per heavy atom. The van der Waals surface area contributed by atoms with Gasteiger partial charge in [0.05, 0.1) is 21.1 Å². The molecule has 0 saturated carbocycles. The third-order valence-electron chi connectivity index (χ3n) is 2.63. The van der Waals surface area contributed by atoms with E-state index in [1.165, 1.54) is 0 Å². The Morgan fingerprint density at radius 2 is 2.21 bits per heavy atom. The first-order chi connectivity index (χ1) is 9.10. The van der Waals surface area contributed by atoms with Crippen LogP contribution in [0.3, 0.4) is 0 Å². The number of anilines is 1. The molecule has 1 aromatic carbocycles. The van der Waals surface area contributed by atoms with Crippen molar-refractivity contribution >= 4 is 33.3 Å². The number of halogens is 2. The molecule has 0 fully saturated rings. The van der Waals surface area contributed by atoms with E-state index in [0.717, 1.165) is 15.9 Å². The largest absolute Gasteiger partial charge is 0.354 e. The van der Waals surface area contributed by atoms with Gasteiger partial charge >= 0.3 is 0 Å². The SMILES string of the molecule is CN(Cc1cccc(C#N)c1)c1ncc(Cl)cc1Br. The second-order valence-corrected chi connectivity index (χ2v) is 5.42. The molecule has 5 heteroatoms. The smallest absolute Gasteiger partial charge is 0.143 e. The van der Waals surface area contributed by atoms with Gasteiger partial charge in [0, 0.05) is 19.8 Å². The van der Waals surface area contributed by atoms with Crippen LogP contribution < -0.4 is 4.90 Å². The van der Waals surface area contributed by atoms with E-state index >= 15 is 0 Å². The highest BCUT2D eigenvalue weighted by Gasteiger charge is 2.09. The monoisotopic (exact) mass is 335 g/mol. The molecular weight excluding hydrogens is 326 g/mol. The zero-order valence-electron chi connectivity index (χ0n) is 10.3. The molecule has 1 aromatic heterocycles. The van der Waals surface area contributed by atoms with E-state index in [1.807, 2.05) is 36.2 Å². The van der Waals surface area contributed by atoms with Gasteiger partial charge in [-0.05, 0) is 39.7 Å². The van der Waals surface area contributed by atoms with Crippen molar-refractivity contribution in [3.8, 4) is 6.07 Å². The molecule has 0 aliphatic rings. The van der Waals surface area contributed by atoms with Crippen LogP contribution in [0, 0.1) is 11.3 Å². The Hall–Kier alpha value is -1.57. The van der Waals surface area contributed by atoms with Crippen molar-refractivity contribution in [2.75, 3.05) is 11.9 Å². The molecule has 0 amide bonds. The minimum atomic E-state index is 0.593. The zero-order valence-corrected chi connectivity index (χ0v) is 12.6. The lowest BCUT2D eigenvalue weighted by Crippen LogP contribution is -2.18. The predicted molar refractivity (Wildman–Crippen MR) is 80.2 cm³/mol. The number of aromatic nitrogens is 1. The number of benzene rings is 1. The van der Waals surface area contributed by atoms with Crippen LogP contribution in [-0.2, 0) is 6.54 Å². The van der Waals surface area contributed by atoms with Crippen molar-refractivity contribution in [3.05, 3.63) is 57.2 Å². The Balaban J connectivity index is 2.20. The maximum absolute atomic E-state index is 8.89. The fraction of sp³-hybridized carbons (Fsp3) is 0.143. The second kappa shape index (κ2) is 6.05. The molecule has 0 atom stereocenters. The molecule has 0 aliphatic heterocycles. The maximum atomic E-state index is 8.89. The van der Waals surface area contributed by atoms with Gasteiger partial charge in [0.25, 0.3) is 0 Å². The van der Waals surface area contributed by atoms with Crippen LogP contribution in [0.15, 0.2) is 41.0 Å². The van der Waals surface area contributed by atoms with Crippen LogP contribution >= 0.6 is 27.5 Å². The standard InChI is InChI=1S/C14H11BrClN3/c1-19(14-13(15)6-12(16)8-18-14)9-11-4-2-3-10(5-11)7-17/h2-6,8H,9H2,1H3. The minimum Gasteiger partial charge on any atom is -0.354 e. The van der Waals surface area contributed by atoms with Gasteiger partial charge in [-0.15, -0.1) is 0 Å². The van der Waals surface area contributed by atoms with Gasteiger partial charge in [-0.1, -0.05) is 23.7 Å². The van der Waals surface area contributed by atoms with E-state index in [0.29, 0.717) is 17.1 Å². The molecule has 0 N–H and O–H groups in total. The van der Waals surface area contributed by atoms with Gasteiger partial charge in [0.1, 0.15) is 5.82 Å². The lowest BCUT2D eigenvalue weighted by molar-refractivity contribution is 0.893. The first-order valence-corrected chi connectivity index (χ1v) is 6.78. The van der Waals surface area contributed by atoms with Crippen LogP contribution in [0.4, 0.5) is 5.82 Å².